The fourth-order valence-corrected chi connectivity index (χ4v) is 3.42. The van der Waals surface area contributed by atoms with Crippen molar-refractivity contribution in [3.05, 3.63) is 0 Å². The van der Waals surface area contributed by atoms with Crippen LogP contribution in [0.25, 0.3) is 0 Å². The average Bonchev–Trinajstić information content (AvgIpc) is 2.31. The molecule has 0 radical (unpaired) electrons. The average molecular weight is 166 g/mol. The monoisotopic (exact) mass is 166 g/mol. The van der Waals surface area contributed by atoms with Crippen molar-refractivity contribution in [1.82, 2.24) is 0 Å². The van der Waals surface area contributed by atoms with Crippen LogP contribution in [0.3, 0.4) is 0 Å². The molecule has 0 aromatic heterocycles. The van der Waals surface area contributed by atoms with Crippen molar-refractivity contribution in [3.8, 4) is 0 Å². The van der Waals surface area contributed by atoms with Crippen LogP contribution < -0.4 is 0 Å². The lowest BCUT2D eigenvalue weighted by atomic mass is 9.80. The van der Waals surface area contributed by atoms with Gasteiger partial charge in [-0.1, -0.05) is 46.0 Å². The second-order valence-corrected chi connectivity index (χ2v) is 5.71. The van der Waals surface area contributed by atoms with Gasteiger partial charge in [0.25, 0.3) is 0 Å². The van der Waals surface area contributed by atoms with Gasteiger partial charge in [0.05, 0.1) is 0 Å². The van der Waals surface area contributed by atoms with E-state index in [0.717, 1.165) is 11.8 Å². The van der Waals surface area contributed by atoms with Crippen molar-refractivity contribution < 1.29 is 0 Å². The highest BCUT2D eigenvalue weighted by molar-refractivity contribution is 4.86. The van der Waals surface area contributed by atoms with E-state index in [-0.39, 0.29) is 0 Å². The highest BCUT2D eigenvalue weighted by Crippen LogP contribution is 2.46. The molecule has 2 rings (SSSR count). The van der Waals surface area contributed by atoms with E-state index in [1.807, 2.05) is 0 Å². The highest BCUT2D eigenvalue weighted by atomic mass is 14.4. The molecular weight excluding hydrogens is 144 g/mol. The van der Waals surface area contributed by atoms with Crippen LogP contribution in [0.2, 0.25) is 0 Å². The number of hydrogen-bond donors (Lipinski definition) is 0. The molecule has 0 heteroatoms. The van der Waals surface area contributed by atoms with Gasteiger partial charge < -0.3 is 0 Å². The minimum absolute atomic E-state index is 0.657. The van der Waals surface area contributed by atoms with Crippen LogP contribution in [0, 0.1) is 17.3 Å². The maximum Gasteiger partial charge on any atom is -0.0351 e. The predicted molar refractivity (Wildman–Crippen MR) is 53.1 cm³/mol. The molecule has 0 heterocycles. The fraction of sp³-hybridized carbons (Fsp3) is 1.00. The standard InChI is InChI=1S/C12H22/c1-12(2)8-4-7-10-5-3-6-11(10)9-12/h10-11H,3-9H2,1-2H3. The van der Waals surface area contributed by atoms with Gasteiger partial charge in [-0.15, -0.1) is 0 Å². The molecule has 2 atom stereocenters. The lowest BCUT2D eigenvalue weighted by Crippen LogP contribution is -2.15. The Balaban J connectivity index is 2.04. The van der Waals surface area contributed by atoms with E-state index in [0.29, 0.717) is 5.41 Å². The summed E-state index contributed by atoms with van der Waals surface area (Å²) >= 11 is 0. The summed E-state index contributed by atoms with van der Waals surface area (Å²) < 4.78 is 0. The predicted octanol–water partition coefficient (Wildman–Crippen LogP) is 4.00. The Morgan fingerprint density at radius 1 is 0.917 bits per heavy atom. The first-order chi connectivity index (χ1) is 5.67. The van der Waals surface area contributed by atoms with E-state index in [9.17, 15) is 0 Å². The summed E-state index contributed by atoms with van der Waals surface area (Å²) in [6.07, 6.45) is 10.6. The number of rotatable bonds is 0. The van der Waals surface area contributed by atoms with E-state index in [4.69, 9.17) is 0 Å². The van der Waals surface area contributed by atoms with Crippen molar-refractivity contribution in [3.63, 3.8) is 0 Å². The second-order valence-electron chi connectivity index (χ2n) is 5.71. The molecular formula is C12H22. The molecule has 0 nitrogen and oxygen atoms in total. The first-order valence-electron chi connectivity index (χ1n) is 5.67. The van der Waals surface area contributed by atoms with Crippen molar-refractivity contribution in [2.24, 2.45) is 17.3 Å². The molecule has 0 aromatic carbocycles. The molecule has 0 aliphatic heterocycles. The van der Waals surface area contributed by atoms with Gasteiger partial charge in [-0.05, 0) is 30.1 Å². The van der Waals surface area contributed by atoms with Gasteiger partial charge in [0.1, 0.15) is 0 Å². The van der Waals surface area contributed by atoms with Crippen LogP contribution in [0.5, 0.6) is 0 Å². The van der Waals surface area contributed by atoms with Crippen LogP contribution in [-0.2, 0) is 0 Å². The molecule has 2 aliphatic rings. The summed E-state index contributed by atoms with van der Waals surface area (Å²) in [4.78, 5) is 0. The Hall–Kier alpha value is 0. The zero-order valence-electron chi connectivity index (χ0n) is 8.60. The Kier molecular flexibility index (Phi) is 2.18. The Labute approximate surface area is 76.7 Å². The SMILES string of the molecule is CC1(C)CCCC2CCCC2C1. The molecule has 0 aromatic rings. The molecule has 70 valence electrons. The molecule has 0 saturated heterocycles. The van der Waals surface area contributed by atoms with E-state index in [1.165, 1.54) is 38.5 Å². The lowest BCUT2D eigenvalue weighted by molar-refractivity contribution is 0.251. The molecule has 12 heavy (non-hydrogen) atoms. The van der Waals surface area contributed by atoms with E-state index < -0.39 is 0 Å². The Morgan fingerprint density at radius 2 is 1.58 bits per heavy atom. The molecule has 0 N–H and O–H groups in total. The topological polar surface area (TPSA) is 0 Å². The van der Waals surface area contributed by atoms with Crippen LogP contribution in [0.1, 0.15) is 58.8 Å². The Morgan fingerprint density at radius 3 is 2.42 bits per heavy atom. The van der Waals surface area contributed by atoms with Gasteiger partial charge in [0.2, 0.25) is 0 Å². The minimum atomic E-state index is 0.657. The first-order valence-corrected chi connectivity index (χ1v) is 5.67. The zero-order valence-corrected chi connectivity index (χ0v) is 8.60. The molecule has 0 spiro atoms. The summed E-state index contributed by atoms with van der Waals surface area (Å²) in [5.41, 5.74) is 0.657. The van der Waals surface area contributed by atoms with E-state index >= 15 is 0 Å². The van der Waals surface area contributed by atoms with Crippen molar-refractivity contribution in [2.45, 2.75) is 58.8 Å². The first kappa shape index (κ1) is 8.59. The lowest BCUT2D eigenvalue weighted by Gasteiger charge is -2.26. The summed E-state index contributed by atoms with van der Waals surface area (Å²) in [5, 5.41) is 0. The van der Waals surface area contributed by atoms with E-state index in [1.54, 1.807) is 6.42 Å². The third-order valence-corrected chi connectivity index (χ3v) is 4.06. The Bertz CT molecular complexity index is 157. The maximum absolute atomic E-state index is 2.47. The van der Waals surface area contributed by atoms with E-state index in [2.05, 4.69) is 13.8 Å². The third-order valence-electron chi connectivity index (χ3n) is 4.06. The highest BCUT2D eigenvalue weighted by Gasteiger charge is 2.34. The summed E-state index contributed by atoms with van der Waals surface area (Å²) in [5.74, 6) is 2.22. The quantitative estimate of drug-likeness (QED) is 0.510. The smallest absolute Gasteiger partial charge is 0.0351 e. The molecule has 2 saturated carbocycles. The van der Waals surface area contributed by atoms with Crippen LogP contribution in [0.4, 0.5) is 0 Å². The summed E-state index contributed by atoms with van der Waals surface area (Å²) in [7, 11) is 0. The van der Waals surface area contributed by atoms with Crippen LogP contribution >= 0.6 is 0 Å². The minimum Gasteiger partial charge on any atom is -0.0599 e. The van der Waals surface area contributed by atoms with Crippen LogP contribution in [-0.4, -0.2) is 0 Å². The van der Waals surface area contributed by atoms with Crippen molar-refractivity contribution in [1.29, 1.82) is 0 Å². The molecule has 0 amide bonds. The summed E-state index contributed by atoms with van der Waals surface area (Å²) in [6.45, 7) is 4.93. The van der Waals surface area contributed by atoms with Gasteiger partial charge >= 0.3 is 0 Å². The van der Waals surface area contributed by atoms with Gasteiger partial charge in [0.15, 0.2) is 0 Å². The largest absolute Gasteiger partial charge is 0.0599 e. The third kappa shape index (κ3) is 1.67. The second kappa shape index (κ2) is 3.05. The zero-order chi connectivity index (χ0) is 8.60. The molecule has 2 unspecified atom stereocenters. The number of hydrogen-bond acceptors (Lipinski definition) is 0. The summed E-state index contributed by atoms with van der Waals surface area (Å²) in [6, 6.07) is 0. The van der Waals surface area contributed by atoms with Gasteiger partial charge in [-0.2, -0.15) is 0 Å². The number of fused-ring (bicyclic) bond motifs is 1. The van der Waals surface area contributed by atoms with Crippen LogP contribution in [0.15, 0.2) is 0 Å². The molecule has 2 aliphatic carbocycles. The molecule has 0 bridgehead atoms. The van der Waals surface area contributed by atoms with Crippen molar-refractivity contribution >= 4 is 0 Å². The van der Waals surface area contributed by atoms with Gasteiger partial charge in [0, 0.05) is 0 Å². The molecule has 2 fully saturated rings. The fourth-order valence-electron chi connectivity index (χ4n) is 3.42. The normalized spacial score (nSPS) is 40.5. The van der Waals surface area contributed by atoms with Gasteiger partial charge in [-0.25, -0.2) is 0 Å². The maximum atomic E-state index is 2.47. The van der Waals surface area contributed by atoms with Crippen molar-refractivity contribution in [2.75, 3.05) is 0 Å². The van der Waals surface area contributed by atoms with Gasteiger partial charge in [-0.3, -0.25) is 0 Å².